The normalized spacial score (nSPS) is 29.5. The molecule has 0 amide bonds. The van der Waals surface area contributed by atoms with Crippen LogP contribution in [0.25, 0.3) is 11.0 Å². The van der Waals surface area contributed by atoms with Crippen LogP contribution in [0.5, 0.6) is 0 Å². The Morgan fingerprint density at radius 2 is 1.92 bits per heavy atom. The molecule has 1 atom stereocenters. The van der Waals surface area contributed by atoms with Crippen LogP contribution in [0.15, 0.2) is 12.3 Å². The van der Waals surface area contributed by atoms with Gasteiger partial charge in [0.2, 0.25) is 0 Å². The Balaban J connectivity index is 1.10. The number of hydrogen-bond acceptors (Lipinski definition) is 6. The number of nitrogens with zero attached hydrogens (tertiary/aromatic N) is 7. The molecule has 0 radical (unpaired) electrons. The third-order valence-corrected chi connectivity index (χ3v) is 10.3. The van der Waals surface area contributed by atoms with Crippen molar-refractivity contribution in [1.82, 2.24) is 29.4 Å². The van der Waals surface area contributed by atoms with E-state index in [9.17, 15) is 0 Å². The van der Waals surface area contributed by atoms with Crippen molar-refractivity contribution in [1.29, 1.82) is 0 Å². The van der Waals surface area contributed by atoms with Crippen LogP contribution < -0.4 is 4.90 Å². The highest BCUT2D eigenvalue weighted by molar-refractivity contribution is 5.89. The number of fused-ring (bicyclic) bond motifs is 5. The molecule has 0 aromatic carbocycles. The molecule has 3 aromatic heterocycles. The lowest BCUT2D eigenvalue weighted by Gasteiger charge is -2.59. The molecule has 3 aromatic rings. The van der Waals surface area contributed by atoms with Crippen molar-refractivity contribution in [2.24, 2.45) is 12.5 Å². The summed E-state index contributed by atoms with van der Waals surface area (Å²) in [6, 6.07) is 2.35. The molecule has 1 saturated heterocycles. The number of terminal acetylenes is 1. The van der Waals surface area contributed by atoms with E-state index in [4.69, 9.17) is 21.2 Å². The second-order valence-electron chi connectivity index (χ2n) is 12.3. The molecule has 2 aliphatic heterocycles. The SMILES string of the molecule is C#C[C@H]1COCCN1C12CCC(Cn3nc(C)c4c3CCN(c3cc(C)nc5c3cnn5C)C4)(CC1)CC2. The molecule has 38 heavy (non-hydrogen) atoms. The largest absolute Gasteiger partial charge is 0.377 e. The van der Waals surface area contributed by atoms with Crippen LogP contribution in [-0.2, 0) is 31.3 Å². The fourth-order valence-corrected chi connectivity index (χ4v) is 8.02. The molecule has 8 rings (SSSR count). The molecule has 3 saturated carbocycles. The summed E-state index contributed by atoms with van der Waals surface area (Å²) in [7, 11) is 1.97. The van der Waals surface area contributed by atoms with Crippen LogP contribution in [0.1, 0.15) is 61.2 Å². The van der Waals surface area contributed by atoms with Gasteiger partial charge < -0.3 is 9.64 Å². The van der Waals surface area contributed by atoms with Crippen LogP contribution in [0.3, 0.4) is 0 Å². The maximum absolute atomic E-state index is 5.91. The van der Waals surface area contributed by atoms with E-state index in [-0.39, 0.29) is 11.6 Å². The van der Waals surface area contributed by atoms with Gasteiger partial charge in [-0.15, -0.1) is 6.42 Å². The zero-order chi connectivity index (χ0) is 26.1. The fraction of sp³-hybridized carbons (Fsp3) is 0.633. The smallest absolute Gasteiger partial charge is 0.159 e. The van der Waals surface area contributed by atoms with E-state index < -0.39 is 0 Å². The lowest BCUT2D eigenvalue weighted by atomic mass is 9.56. The standard InChI is InChI=1S/C30H39N7O/c1-5-23-19-38-15-14-36(23)30-10-7-29(8-11-30,9-12-30)20-37-26-6-13-35(18-25(26)22(3)33-37)27-16-21(2)32-28-24(27)17-31-34(28)4/h1,16-17,23H,6-15,18-20H2,2-4H3/t23-,29?,30?/m0/s1. The third kappa shape index (κ3) is 3.70. The van der Waals surface area contributed by atoms with E-state index in [0.29, 0.717) is 12.0 Å². The number of anilines is 1. The topological polar surface area (TPSA) is 64.2 Å². The Labute approximate surface area is 225 Å². The minimum absolute atomic E-state index is 0.134. The molecule has 5 heterocycles. The number of pyridine rings is 1. The van der Waals surface area contributed by atoms with E-state index in [1.165, 1.54) is 61.2 Å². The zero-order valence-corrected chi connectivity index (χ0v) is 23.0. The highest BCUT2D eigenvalue weighted by Crippen LogP contribution is 2.56. The van der Waals surface area contributed by atoms with Crippen LogP contribution in [0.2, 0.25) is 0 Å². The van der Waals surface area contributed by atoms with E-state index in [0.717, 1.165) is 55.9 Å². The van der Waals surface area contributed by atoms with Gasteiger partial charge in [0, 0.05) is 62.1 Å². The number of ether oxygens (including phenoxy) is 1. The van der Waals surface area contributed by atoms with E-state index in [1.807, 2.05) is 17.9 Å². The van der Waals surface area contributed by atoms with Crippen molar-refractivity contribution in [2.45, 2.75) is 83.5 Å². The van der Waals surface area contributed by atoms with Crippen LogP contribution in [0.4, 0.5) is 5.69 Å². The molecule has 0 spiro atoms. The minimum atomic E-state index is 0.134. The van der Waals surface area contributed by atoms with Crippen molar-refractivity contribution in [3.63, 3.8) is 0 Å². The Kier molecular flexibility index (Phi) is 5.61. The number of hydrogen-bond donors (Lipinski definition) is 0. The highest BCUT2D eigenvalue weighted by Gasteiger charge is 2.53. The lowest BCUT2D eigenvalue weighted by Crippen LogP contribution is -2.63. The van der Waals surface area contributed by atoms with Crippen LogP contribution in [0, 0.1) is 31.6 Å². The molecule has 8 nitrogen and oxygen atoms in total. The summed E-state index contributed by atoms with van der Waals surface area (Å²) in [6.45, 7) is 9.69. The second-order valence-corrected chi connectivity index (χ2v) is 12.3. The van der Waals surface area contributed by atoms with Crippen molar-refractivity contribution < 1.29 is 4.74 Å². The van der Waals surface area contributed by atoms with Gasteiger partial charge in [-0.1, -0.05) is 5.92 Å². The van der Waals surface area contributed by atoms with Crippen molar-refractivity contribution in [2.75, 3.05) is 31.2 Å². The number of aryl methyl sites for hydroxylation is 3. The molecular weight excluding hydrogens is 474 g/mol. The van der Waals surface area contributed by atoms with Crippen LogP contribution >= 0.6 is 0 Å². The minimum Gasteiger partial charge on any atom is -0.377 e. The molecule has 2 bridgehead atoms. The highest BCUT2D eigenvalue weighted by atomic mass is 16.5. The predicted octanol–water partition coefficient (Wildman–Crippen LogP) is 3.77. The number of morpholine rings is 1. The van der Waals surface area contributed by atoms with Gasteiger partial charge in [0.25, 0.3) is 0 Å². The summed E-state index contributed by atoms with van der Waals surface area (Å²) in [6.07, 6.45) is 16.5. The van der Waals surface area contributed by atoms with Crippen LogP contribution in [-0.4, -0.2) is 67.3 Å². The van der Waals surface area contributed by atoms with Crippen molar-refractivity contribution in [3.8, 4) is 12.3 Å². The Bertz CT molecular complexity index is 1400. The van der Waals surface area contributed by atoms with E-state index >= 15 is 0 Å². The Morgan fingerprint density at radius 1 is 1.13 bits per heavy atom. The monoisotopic (exact) mass is 513 g/mol. The Hall–Kier alpha value is -2.89. The third-order valence-electron chi connectivity index (χ3n) is 10.3. The summed E-state index contributed by atoms with van der Waals surface area (Å²) in [4.78, 5) is 9.86. The summed E-state index contributed by atoms with van der Waals surface area (Å²) in [5, 5.41) is 10.8. The van der Waals surface area contributed by atoms with Gasteiger partial charge in [-0.25, -0.2) is 4.98 Å². The first-order valence-electron chi connectivity index (χ1n) is 14.3. The predicted molar refractivity (Wildman–Crippen MR) is 148 cm³/mol. The molecule has 0 N–H and O–H groups in total. The zero-order valence-electron chi connectivity index (χ0n) is 23.0. The summed E-state index contributed by atoms with van der Waals surface area (Å²) >= 11 is 0. The first kappa shape index (κ1) is 24.2. The molecule has 8 heteroatoms. The quantitative estimate of drug-likeness (QED) is 0.495. The molecule has 0 unspecified atom stereocenters. The lowest BCUT2D eigenvalue weighted by molar-refractivity contribution is -0.110. The van der Waals surface area contributed by atoms with Gasteiger partial charge in [-0.2, -0.15) is 10.2 Å². The Morgan fingerprint density at radius 3 is 2.68 bits per heavy atom. The van der Waals surface area contributed by atoms with E-state index in [2.05, 4.69) is 45.4 Å². The fourth-order valence-electron chi connectivity index (χ4n) is 8.02. The van der Waals surface area contributed by atoms with Crippen molar-refractivity contribution >= 4 is 16.7 Å². The molecule has 4 fully saturated rings. The van der Waals surface area contributed by atoms with Gasteiger partial charge >= 0.3 is 0 Å². The maximum atomic E-state index is 5.91. The summed E-state index contributed by atoms with van der Waals surface area (Å²) < 4.78 is 9.98. The van der Waals surface area contributed by atoms with Crippen molar-refractivity contribution in [3.05, 3.63) is 34.9 Å². The van der Waals surface area contributed by atoms with E-state index in [1.54, 1.807) is 0 Å². The van der Waals surface area contributed by atoms with Gasteiger partial charge in [0.15, 0.2) is 5.65 Å². The first-order chi connectivity index (χ1) is 18.4. The second kappa shape index (κ2) is 8.82. The number of aromatic nitrogens is 5. The van der Waals surface area contributed by atoms with Gasteiger partial charge in [0.05, 0.1) is 42.2 Å². The first-order valence-corrected chi connectivity index (χ1v) is 14.3. The number of rotatable bonds is 4. The van der Waals surface area contributed by atoms with Gasteiger partial charge in [-0.3, -0.25) is 14.3 Å². The van der Waals surface area contributed by atoms with Gasteiger partial charge in [-0.05, 0) is 63.9 Å². The molecule has 3 aliphatic carbocycles. The summed E-state index contributed by atoms with van der Waals surface area (Å²) in [5.41, 5.74) is 7.91. The average molecular weight is 514 g/mol. The average Bonchev–Trinajstić information content (AvgIpc) is 3.47. The molecule has 200 valence electrons. The maximum Gasteiger partial charge on any atom is 0.159 e. The summed E-state index contributed by atoms with van der Waals surface area (Å²) in [5.74, 6) is 3.02. The molecule has 5 aliphatic rings. The van der Waals surface area contributed by atoms with Gasteiger partial charge in [0.1, 0.15) is 0 Å². The molecular formula is C30H39N7O.